The summed E-state index contributed by atoms with van der Waals surface area (Å²) in [6.07, 6.45) is 9.63. The first-order chi connectivity index (χ1) is 17.3. The Morgan fingerprint density at radius 2 is 1.83 bits per heavy atom. The van der Waals surface area contributed by atoms with E-state index in [-0.39, 0.29) is 0 Å². The maximum Gasteiger partial charge on any atom is 0.161 e. The van der Waals surface area contributed by atoms with E-state index in [1.54, 1.807) is 13.3 Å². The Bertz CT molecular complexity index is 1350. The minimum absolute atomic E-state index is 0.399. The molecule has 5 rings (SSSR count). The van der Waals surface area contributed by atoms with E-state index in [4.69, 9.17) is 18.9 Å². The van der Waals surface area contributed by atoms with Crippen LogP contribution in [0.4, 0.5) is 0 Å². The van der Waals surface area contributed by atoms with Gasteiger partial charge in [0.15, 0.2) is 11.5 Å². The first kappa shape index (κ1) is 22.3. The zero-order chi connectivity index (χ0) is 23.9. The summed E-state index contributed by atoms with van der Waals surface area (Å²) in [5.74, 6) is 2.99. The lowest BCUT2D eigenvalue weighted by atomic mass is 10.1. The van der Waals surface area contributed by atoms with Gasteiger partial charge < -0.3 is 18.9 Å². The molecule has 0 radical (unpaired) electrons. The van der Waals surface area contributed by atoms with Crippen LogP contribution in [0.15, 0.2) is 66.9 Å². The molecular formula is C28H25N3O4. The number of benzene rings is 2. The van der Waals surface area contributed by atoms with Gasteiger partial charge in [0.25, 0.3) is 0 Å². The molecule has 0 atom stereocenters. The third kappa shape index (κ3) is 5.70. The van der Waals surface area contributed by atoms with Crippen molar-refractivity contribution in [1.29, 1.82) is 0 Å². The Morgan fingerprint density at radius 1 is 0.914 bits per heavy atom. The molecule has 1 aliphatic heterocycles. The van der Waals surface area contributed by atoms with Gasteiger partial charge >= 0.3 is 0 Å². The van der Waals surface area contributed by atoms with Crippen molar-refractivity contribution < 1.29 is 18.9 Å². The lowest BCUT2D eigenvalue weighted by molar-refractivity contribution is 0.171. The number of ether oxygens (including phenoxy) is 4. The van der Waals surface area contributed by atoms with Gasteiger partial charge in [0.05, 0.1) is 24.2 Å². The SMILES string of the molecule is COc1cc(OCc2ccccn2)ccc1/C=C/c1cc(/C=C/c2ccc3c(c2)OCCO3)n[nH]1. The maximum absolute atomic E-state index is 5.84. The van der Waals surface area contributed by atoms with Crippen LogP contribution in [0.5, 0.6) is 23.0 Å². The monoisotopic (exact) mass is 467 g/mol. The molecule has 4 aromatic rings. The highest BCUT2D eigenvalue weighted by atomic mass is 16.6. The van der Waals surface area contributed by atoms with Crippen molar-refractivity contribution in [3.05, 3.63) is 95.1 Å². The van der Waals surface area contributed by atoms with Crippen LogP contribution in [-0.2, 0) is 6.61 Å². The Morgan fingerprint density at radius 3 is 2.69 bits per heavy atom. The van der Waals surface area contributed by atoms with Gasteiger partial charge in [0.2, 0.25) is 0 Å². The van der Waals surface area contributed by atoms with Crippen LogP contribution in [0.2, 0.25) is 0 Å². The first-order valence-corrected chi connectivity index (χ1v) is 11.3. The number of fused-ring (bicyclic) bond motifs is 1. The number of rotatable bonds is 8. The molecule has 0 unspecified atom stereocenters. The van der Waals surface area contributed by atoms with Crippen LogP contribution < -0.4 is 18.9 Å². The Labute approximate surface area is 203 Å². The third-order valence-corrected chi connectivity index (χ3v) is 5.39. The lowest BCUT2D eigenvalue weighted by Gasteiger charge is -2.18. The highest BCUT2D eigenvalue weighted by Crippen LogP contribution is 2.31. The summed E-state index contributed by atoms with van der Waals surface area (Å²) in [6, 6.07) is 19.4. The summed E-state index contributed by atoms with van der Waals surface area (Å²) in [5.41, 5.74) is 4.52. The molecule has 176 valence electrons. The molecule has 7 nitrogen and oxygen atoms in total. The fourth-order valence-electron chi connectivity index (χ4n) is 3.61. The second kappa shape index (κ2) is 10.6. The predicted molar refractivity (Wildman–Crippen MR) is 135 cm³/mol. The van der Waals surface area contributed by atoms with E-state index in [9.17, 15) is 0 Å². The molecule has 0 saturated heterocycles. The highest BCUT2D eigenvalue weighted by molar-refractivity contribution is 5.74. The number of hydrogen-bond donors (Lipinski definition) is 1. The minimum atomic E-state index is 0.399. The lowest BCUT2D eigenvalue weighted by Crippen LogP contribution is -2.15. The molecule has 1 N–H and O–H groups in total. The van der Waals surface area contributed by atoms with E-state index in [1.807, 2.05) is 85.0 Å². The normalized spacial score (nSPS) is 12.8. The van der Waals surface area contributed by atoms with Crippen molar-refractivity contribution in [2.75, 3.05) is 20.3 Å². The zero-order valence-corrected chi connectivity index (χ0v) is 19.3. The Balaban J connectivity index is 1.23. The quantitative estimate of drug-likeness (QED) is 0.368. The minimum Gasteiger partial charge on any atom is -0.496 e. The van der Waals surface area contributed by atoms with Crippen molar-refractivity contribution in [1.82, 2.24) is 15.2 Å². The molecule has 35 heavy (non-hydrogen) atoms. The maximum atomic E-state index is 5.84. The zero-order valence-electron chi connectivity index (χ0n) is 19.3. The molecule has 2 aromatic heterocycles. The van der Waals surface area contributed by atoms with E-state index < -0.39 is 0 Å². The van der Waals surface area contributed by atoms with Crippen LogP contribution in [-0.4, -0.2) is 35.5 Å². The van der Waals surface area contributed by atoms with Gasteiger partial charge in [0, 0.05) is 17.8 Å². The molecule has 0 saturated carbocycles. The average Bonchev–Trinajstić information content (AvgIpc) is 3.38. The summed E-state index contributed by atoms with van der Waals surface area (Å²) >= 11 is 0. The van der Waals surface area contributed by atoms with E-state index in [0.717, 1.165) is 51.2 Å². The van der Waals surface area contributed by atoms with Gasteiger partial charge in [0.1, 0.15) is 31.3 Å². The van der Waals surface area contributed by atoms with Gasteiger partial charge in [-0.3, -0.25) is 10.1 Å². The number of nitrogens with one attached hydrogen (secondary N) is 1. The van der Waals surface area contributed by atoms with Gasteiger partial charge in [-0.15, -0.1) is 0 Å². The summed E-state index contributed by atoms with van der Waals surface area (Å²) in [7, 11) is 1.65. The Hall–Kier alpha value is -4.52. The summed E-state index contributed by atoms with van der Waals surface area (Å²) < 4.78 is 22.6. The van der Waals surface area contributed by atoms with Gasteiger partial charge in [-0.1, -0.05) is 18.2 Å². The summed E-state index contributed by atoms with van der Waals surface area (Å²) in [4.78, 5) is 4.27. The topological polar surface area (TPSA) is 78.5 Å². The summed E-state index contributed by atoms with van der Waals surface area (Å²) in [5, 5.41) is 7.41. The molecule has 0 fully saturated rings. The number of aromatic nitrogens is 3. The van der Waals surface area contributed by atoms with E-state index in [2.05, 4.69) is 15.2 Å². The predicted octanol–water partition coefficient (Wildman–Crippen LogP) is 5.50. The highest BCUT2D eigenvalue weighted by Gasteiger charge is 2.10. The van der Waals surface area contributed by atoms with Crippen LogP contribution >= 0.6 is 0 Å². The second-order valence-electron chi connectivity index (χ2n) is 7.83. The largest absolute Gasteiger partial charge is 0.496 e. The smallest absolute Gasteiger partial charge is 0.161 e. The second-order valence-corrected chi connectivity index (χ2v) is 7.83. The number of H-pyrrole nitrogens is 1. The molecule has 0 amide bonds. The number of pyridine rings is 1. The van der Waals surface area contributed by atoms with E-state index >= 15 is 0 Å². The molecule has 0 bridgehead atoms. The fraction of sp³-hybridized carbons (Fsp3) is 0.143. The molecule has 7 heteroatoms. The Kier molecular flexibility index (Phi) is 6.75. The molecular weight excluding hydrogens is 442 g/mol. The standard InChI is InChI=1S/C28H25N3O4/c1-32-27-18-25(35-19-24-4-2-3-13-29-24)11-8-21(27)7-10-23-17-22(30-31-23)9-5-20-6-12-26-28(16-20)34-15-14-33-26/h2-13,16-18H,14-15,19H2,1H3,(H,30,31)/b9-5+,10-7+. The first-order valence-electron chi connectivity index (χ1n) is 11.3. The van der Waals surface area contributed by atoms with Crippen molar-refractivity contribution in [3.8, 4) is 23.0 Å². The summed E-state index contributed by atoms with van der Waals surface area (Å²) in [6.45, 7) is 1.55. The molecule has 1 aliphatic rings. The molecule has 0 spiro atoms. The third-order valence-electron chi connectivity index (χ3n) is 5.39. The van der Waals surface area contributed by atoms with Crippen LogP contribution in [0.25, 0.3) is 24.3 Å². The van der Waals surface area contributed by atoms with Crippen molar-refractivity contribution in [2.24, 2.45) is 0 Å². The number of hydrogen-bond acceptors (Lipinski definition) is 6. The van der Waals surface area contributed by atoms with Gasteiger partial charge in [-0.2, -0.15) is 5.10 Å². The molecule has 0 aliphatic carbocycles. The van der Waals surface area contributed by atoms with E-state index in [1.165, 1.54) is 0 Å². The van der Waals surface area contributed by atoms with Gasteiger partial charge in [-0.05, 0) is 66.3 Å². The fourth-order valence-corrected chi connectivity index (χ4v) is 3.61. The van der Waals surface area contributed by atoms with E-state index in [0.29, 0.717) is 19.8 Å². The number of methoxy groups -OCH3 is 1. The van der Waals surface area contributed by atoms with Crippen molar-refractivity contribution >= 4 is 24.3 Å². The van der Waals surface area contributed by atoms with Crippen LogP contribution in [0.1, 0.15) is 28.2 Å². The van der Waals surface area contributed by atoms with Crippen molar-refractivity contribution in [2.45, 2.75) is 6.61 Å². The van der Waals surface area contributed by atoms with Crippen LogP contribution in [0, 0.1) is 0 Å². The number of aromatic amines is 1. The van der Waals surface area contributed by atoms with Crippen LogP contribution in [0.3, 0.4) is 0 Å². The van der Waals surface area contributed by atoms with Crippen molar-refractivity contribution in [3.63, 3.8) is 0 Å². The number of nitrogens with zero attached hydrogens (tertiary/aromatic N) is 2. The molecule has 2 aromatic carbocycles. The van der Waals surface area contributed by atoms with Gasteiger partial charge in [-0.25, -0.2) is 0 Å². The molecule has 3 heterocycles. The average molecular weight is 468 g/mol.